The maximum atomic E-state index is 14.0. The summed E-state index contributed by atoms with van der Waals surface area (Å²) in [6.45, 7) is 4.08. The summed E-state index contributed by atoms with van der Waals surface area (Å²) >= 11 is 1.68. The molecule has 1 unspecified atom stereocenters. The van der Waals surface area contributed by atoms with Crippen molar-refractivity contribution < 1.29 is 9.13 Å². The summed E-state index contributed by atoms with van der Waals surface area (Å²) in [5.41, 5.74) is 1.94. The van der Waals surface area contributed by atoms with Crippen molar-refractivity contribution in [2.45, 2.75) is 38.8 Å². The lowest BCUT2D eigenvalue weighted by atomic mass is 10.1. The average molecular weight is 306 g/mol. The maximum Gasteiger partial charge on any atom is 0.165 e. The predicted molar refractivity (Wildman–Crippen MR) is 82.5 cm³/mol. The third-order valence-corrected chi connectivity index (χ3v) is 4.92. The molecule has 0 radical (unpaired) electrons. The molecule has 0 bridgehead atoms. The molecule has 1 aliphatic carbocycles. The van der Waals surface area contributed by atoms with Gasteiger partial charge < -0.3 is 10.1 Å². The number of aromatic nitrogens is 1. The minimum atomic E-state index is -0.331. The van der Waals surface area contributed by atoms with E-state index in [2.05, 4.69) is 17.2 Å². The van der Waals surface area contributed by atoms with E-state index in [9.17, 15) is 4.39 Å². The molecule has 3 rings (SSSR count). The predicted octanol–water partition coefficient (Wildman–Crippen LogP) is 3.75. The lowest BCUT2D eigenvalue weighted by molar-refractivity contribution is 0.385. The third-order valence-electron chi connectivity index (χ3n) is 3.78. The molecule has 1 saturated carbocycles. The van der Waals surface area contributed by atoms with Crippen LogP contribution in [0, 0.1) is 19.7 Å². The van der Waals surface area contributed by atoms with Gasteiger partial charge in [0.25, 0.3) is 0 Å². The van der Waals surface area contributed by atoms with E-state index in [1.54, 1.807) is 23.5 Å². The second kappa shape index (κ2) is 5.73. The van der Waals surface area contributed by atoms with Crippen LogP contribution in [0.5, 0.6) is 5.75 Å². The van der Waals surface area contributed by atoms with Gasteiger partial charge in [0.05, 0.1) is 18.8 Å². The fourth-order valence-electron chi connectivity index (χ4n) is 2.28. The van der Waals surface area contributed by atoms with Crippen LogP contribution in [-0.4, -0.2) is 18.1 Å². The molecular weight excluding hydrogens is 287 g/mol. The maximum absolute atomic E-state index is 14.0. The van der Waals surface area contributed by atoms with E-state index in [4.69, 9.17) is 4.74 Å². The Labute approximate surface area is 128 Å². The van der Waals surface area contributed by atoms with Crippen LogP contribution in [0.4, 0.5) is 4.39 Å². The normalized spacial score (nSPS) is 16.0. The van der Waals surface area contributed by atoms with Crippen molar-refractivity contribution in [1.82, 2.24) is 10.3 Å². The minimum Gasteiger partial charge on any atom is -0.494 e. The van der Waals surface area contributed by atoms with Gasteiger partial charge in [-0.15, -0.1) is 11.3 Å². The van der Waals surface area contributed by atoms with Gasteiger partial charge in [0.2, 0.25) is 0 Å². The first kappa shape index (κ1) is 14.5. The van der Waals surface area contributed by atoms with Crippen LogP contribution >= 0.6 is 11.3 Å². The van der Waals surface area contributed by atoms with E-state index in [0.29, 0.717) is 6.04 Å². The van der Waals surface area contributed by atoms with Crippen molar-refractivity contribution in [3.63, 3.8) is 0 Å². The largest absolute Gasteiger partial charge is 0.494 e. The monoisotopic (exact) mass is 306 g/mol. The highest BCUT2D eigenvalue weighted by molar-refractivity contribution is 7.11. The molecule has 0 spiro atoms. The molecule has 1 aromatic heterocycles. The molecule has 0 saturated heterocycles. The molecule has 1 heterocycles. The Balaban J connectivity index is 1.96. The highest BCUT2D eigenvalue weighted by atomic mass is 32.1. The summed E-state index contributed by atoms with van der Waals surface area (Å²) in [5.74, 6) is -0.0574. The number of methoxy groups -OCH3 is 1. The Hall–Kier alpha value is -1.46. The smallest absolute Gasteiger partial charge is 0.165 e. The van der Waals surface area contributed by atoms with Crippen molar-refractivity contribution in [3.8, 4) is 5.75 Å². The SMILES string of the molecule is COc1ccc(C(NC2CC2)c2nc(C)c(C)s2)cc1F. The van der Waals surface area contributed by atoms with Gasteiger partial charge in [-0.1, -0.05) is 6.07 Å². The van der Waals surface area contributed by atoms with E-state index < -0.39 is 0 Å². The quantitative estimate of drug-likeness (QED) is 0.913. The minimum absolute atomic E-state index is 0.0460. The van der Waals surface area contributed by atoms with E-state index in [-0.39, 0.29) is 17.6 Å². The lowest BCUT2D eigenvalue weighted by Gasteiger charge is -2.17. The van der Waals surface area contributed by atoms with Gasteiger partial charge in [0, 0.05) is 10.9 Å². The molecule has 112 valence electrons. The molecule has 1 N–H and O–H groups in total. The Morgan fingerprint density at radius 3 is 2.67 bits per heavy atom. The van der Waals surface area contributed by atoms with Crippen LogP contribution in [0.2, 0.25) is 0 Å². The molecule has 1 fully saturated rings. The molecule has 3 nitrogen and oxygen atoms in total. The number of nitrogens with zero attached hydrogens (tertiary/aromatic N) is 1. The number of hydrogen-bond acceptors (Lipinski definition) is 4. The second-order valence-corrected chi connectivity index (χ2v) is 6.70. The standard InChI is InChI=1S/C16H19FN2OS/c1-9-10(2)21-16(18-9)15(19-12-5-6-12)11-4-7-14(20-3)13(17)8-11/h4,7-8,12,15,19H,5-6H2,1-3H3. The number of halogens is 1. The van der Waals surface area contributed by atoms with E-state index in [1.807, 2.05) is 13.0 Å². The molecule has 1 atom stereocenters. The van der Waals surface area contributed by atoms with E-state index in [1.165, 1.54) is 24.8 Å². The topological polar surface area (TPSA) is 34.1 Å². The number of benzene rings is 1. The molecule has 1 aliphatic rings. The van der Waals surface area contributed by atoms with Gasteiger partial charge >= 0.3 is 0 Å². The zero-order valence-electron chi connectivity index (χ0n) is 12.4. The highest BCUT2D eigenvalue weighted by Crippen LogP contribution is 2.33. The Bertz CT molecular complexity index is 632. The lowest BCUT2D eigenvalue weighted by Crippen LogP contribution is -2.24. The third kappa shape index (κ3) is 3.09. The number of nitrogens with one attached hydrogen (secondary N) is 1. The van der Waals surface area contributed by atoms with Gasteiger partial charge in [-0.3, -0.25) is 0 Å². The van der Waals surface area contributed by atoms with Gasteiger partial charge in [-0.05, 0) is 44.4 Å². The van der Waals surface area contributed by atoms with Crippen molar-refractivity contribution in [2.24, 2.45) is 0 Å². The summed E-state index contributed by atoms with van der Waals surface area (Å²) in [7, 11) is 1.48. The fourth-order valence-corrected chi connectivity index (χ4v) is 3.29. The Kier molecular flexibility index (Phi) is 3.95. The highest BCUT2D eigenvalue weighted by Gasteiger charge is 2.28. The average Bonchev–Trinajstić information content (AvgIpc) is 3.22. The number of aryl methyl sites for hydroxylation is 2. The van der Waals surface area contributed by atoms with Crippen LogP contribution in [0.1, 0.15) is 40.0 Å². The zero-order valence-corrected chi connectivity index (χ0v) is 13.3. The van der Waals surface area contributed by atoms with Crippen molar-refractivity contribution in [1.29, 1.82) is 0 Å². The molecule has 0 aliphatic heterocycles. The molecule has 2 aromatic rings. The summed E-state index contributed by atoms with van der Waals surface area (Å²) in [6.07, 6.45) is 2.36. The van der Waals surface area contributed by atoms with Crippen molar-refractivity contribution >= 4 is 11.3 Å². The molecule has 5 heteroatoms. The van der Waals surface area contributed by atoms with Gasteiger partial charge in [0.15, 0.2) is 11.6 Å². The Morgan fingerprint density at radius 2 is 2.14 bits per heavy atom. The second-order valence-electron chi connectivity index (χ2n) is 5.46. The van der Waals surface area contributed by atoms with Crippen molar-refractivity contribution in [2.75, 3.05) is 7.11 Å². The van der Waals surface area contributed by atoms with Crippen LogP contribution in [0.15, 0.2) is 18.2 Å². The Morgan fingerprint density at radius 1 is 1.38 bits per heavy atom. The number of rotatable bonds is 5. The first-order valence-electron chi connectivity index (χ1n) is 7.12. The van der Waals surface area contributed by atoms with Gasteiger partial charge in [0.1, 0.15) is 5.01 Å². The van der Waals surface area contributed by atoms with Gasteiger partial charge in [-0.2, -0.15) is 0 Å². The number of ether oxygens (including phenoxy) is 1. The first-order valence-corrected chi connectivity index (χ1v) is 7.93. The first-order chi connectivity index (χ1) is 10.1. The van der Waals surface area contributed by atoms with Crippen LogP contribution in [-0.2, 0) is 0 Å². The molecule has 1 aromatic carbocycles. The summed E-state index contributed by atoms with van der Waals surface area (Å²) < 4.78 is 19.0. The number of thiazole rings is 1. The van der Waals surface area contributed by atoms with E-state index in [0.717, 1.165) is 16.3 Å². The zero-order chi connectivity index (χ0) is 15.0. The van der Waals surface area contributed by atoms with Gasteiger partial charge in [-0.25, -0.2) is 9.37 Å². The summed E-state index contributed by atoms with van der Waals surface area (Å²) in [6, 6.07) is 5.61. The van der Waals surface area contributed by atoms with E-state index >= 15 is 0 Å². The summed E-state index contributed by atoms with van der Waals surface area (Å²) in [5, 5.41) is 4.57. The molecular formula is C16H19FN2OS. The summed E-state index contributed by atoms with van der Waals surface area (Å²) in [4.78, 5) is 5.85. The van der Waals surface area contributed by atoms with Crippen LogP contribution in [0.3, 0.4) is 0 Å². The number of hydrogen-bond donors (Lipinski definition) is 1. The van der Waals surface area contributed by atoms with Crippen LogP contribution in [0.25, 0.3) is 0 Å². The molecule has 0 amide bonds. The van der Waals surface area contributed by atoms with Crippen LogP contribution < -0.4 is 10.1 Å². The van der Waals surface area contributed by atoms with Crippen molar-refractivity contribution in [3.05, 3.63) is 45.2 Å². The fraction of sp³-hybridized carbons (Fsp3) is 0.438. The molecule has 21 heavy (non-hydrogen) atoms.